The molecule has 22 heavy (non-hydrogen) atoms. The molecule has 0 aromatic carbocycles. The van der Waals surface area contributed by atoms with Crippen LogP contribution in [0.25, 0.3) is 0 Å². The Morgan fingerprint density at radius 1 is 1.41 bits per heavy atom. The van der Waals surface area contributed by atoms with E-state index in [2.05, 4.69) is 15.2 Å². The van der Waals surface area contributed by atoms with E-state index in [1.807, 2.05) is 7.05 Å². The van der Waals surface area contributed by atoms with Gasteiger partial charge in [-0.1, -0.05) is 6.07 Å². The summed E-state index contributed by atoms with van der Waals surface area (Å²) in [5, 5.41) is 2.09. The van der Waals surface area contributed by atoms with Crippen molar-refractivity contribution in [2.24, 2.45) is 5.92 Å². The minimum Gasteiger partial charge on any atom is -0.340 e. The summed E-state index contributed by atoms with van der Waals surface area (Å²) in [6, 6.07) is 2.24. The van der Waals surface area contributed by atoms with E-state index in [9.17, 15) is 18.0 Å². The lowest BCUT2D eigenvalue weighted by molar-refractivity contribution is -0.164. The molecule has 4 nitrogen and oxygen atoms in total. The van der Waals surface area contributed by atoms with Gasteiger partial charge in [0.25, 0.3) is 0 Å². The number of nitrogens with one attached hydrogen (secondary N) is 1. The number of carbonyl (C=O) groups is 1. The van der Waals surface area contributed by atoms with Crippen LogP contribution in [0.5, 0.6) is 0 Å². The Hall–Kier alpha value is -1.63. The molecule has 1 aromatic rings. The lowest BCUT2D eigenvalue weighted by Gasteiger charge is -2.29. The first-order valence-electron chi connectivity index (χ1n) is 7.32. The van der Waals surface area contributed by atoms with E-state index in [4.69, 9.17) is 0 Å². The van der Waals surface area contributed by atoms with Crippen molar-refractivity contribution >= 4 is 5.91 Å². The van der Waals surface area contributed by atoms with Crippen LogP contribution < -0.4 is 5.32 Å². The summed E-state index contributed by atoms with van der Waals surface area (Å²) in [5.41, 5.74) is -0.188. The van der Waals surface area contributed by atoms with Crippen molar-refractivity contribution in [3.63, 3.8) is 0 Å². The molecule has 122 valence electrons. The monoisotopic (exact) mass is 315 g/mol. The number of hydrogen-bond donors (Lipinski definition) is 1. The molecule has 1 N–H and O–H groups in total. The molecule has 7 heteroatoms. The van der Waals surface area contributed by atoms with E-state index in [-0.39, 0.29) is 18.0 Å². The fourth-order valence-corrected chi connectivity index (χ4v) is 2.62. The van der Waals surface area contributed by atoms with Crippen molar-refractivity contribution in [3.05, 3.63) is 30.1 Å². The molecule has 0 saturated carbocycles. The van der Waals surface area contributed by atoms with Gasteiger partial charge in [-0.05, 0) is 51.0 Å². The number of alkyl halides is 3. The second-order valence-electron chi connectivity index (χ2n) is 5.75. The second kappa shape index (κ2) is 7.09. The van der Waals surface area contributed by atoms with Crippen molar-refractivity contribution in [1.82, 2.24) is 15.2 Å². The summed E-state index contributed by atoms with van der Waals surface area (Å²) in [6.45, 7) is 1.75. The summed E-state index contributed by atoms with van der Waals surface area (Å²) >= 11 is 0. The number of nitrogens with zero attached hydrogens (tertiary/aromatic N) is 2. The second-order valence-corrected chi connectivity index (χ2v) is 5.75. The first-order valence-corrected chi connectivity index (χ1v) is 7.32. The van der Waals surface area contributed by atoms with Gasteiger partial charge >= 0.3 is 6.18 Å². The molecule has 1 aliphatic heterocycles. The summed E-state index contributed by atoms with van der Waals surface area (Å²) < 4.78 is 39.4. The molecule has 2 rings (SSSR count). The van der Waals surface area contributed by atoms with Crippen LogP contribution in [-0.2, 0) is 4.79 Å². The molecule has 0 aliphatic carbocycles. The lowest BCUT2D eigenvalue weighted by Crippen LogP contribution is -2.40. The highest BCUT2D eigenvalue weighted by atomic mass is 19.4. The molecule has 0 radical (unpaired) electrons. The summed E-state index contributed by atoms with van der Waals surface area (Å²) in [4.78, 5) is 17.8. The van der Waals surface area contributed by atoms with E-state index in [1.165, 1.54) is 24.4 Å². The van der Waals surface area contributed by atoms with Crippen molar-refractivity contribution in [3.8, 4) is 0 Å². The van der Waals surface area contributed by atoms with Gasteiger partial charge in [0.2, 0.25) is 5.91 Å². The molecule has 1 amide bonds. The van der Waals surface area contributed by atoms with Crippen LogP contribution in [0, 0.1) is 5.92 Å². The Labute approximate surface area is 127 Å². The predicted molar refractivity (Wildman–Crippen MR) is 76.0 cm³/mol. The fourth-order valence-electron chi connectivity index (χ4n) is 2.62. The zero-order valence-electron chi connectivity index (χ0n) is 12.4. The maximum atomic E-state index is 13.1. The molecule has 0 spiro atoms. The third kappa shape index (κ3) is 4.69. The molecule has 0 bridgehead atoms. The zero-order chi connectivity index (χ0) is 16.2. The molecular formula is C15H20F3N3O. The minimum absolute atomic E-state index is 0.132. The topological polar surface area (TPSA) is 45.2 Å². The van der Waals surface area contributed by atoms with Gasteiger partial charge in [-0.2, -0.15) is 13.2 Å². The van der Waals surface area contributed by atoms with Gasteiger partial charge in [-0.25, -0.2) is 0 Å². The number of carbonyl (C=O) groups excluding carboxylic acids is 1. The normalized spacial score (nSPS) is 18.9. The molecule has 1 aliphatic rings. The van der Waals surface area contributed by atoms with Crippen LogP contribution in [0.15, 0.2) is 24.4 Å². The van der Waals surface area contributed by atoms with Crippen LogP contribution in [-0.4, -0.2) is 42.1 Å². The molecular weight excluding hydrogens is 295 g/mol. The molecule has 1 unspecified atom stereocenters. The Morgan fingerprint density at radius 3 is 2.64 bits per heavy atom. The van der Waals surface area contributed by atoms with E-state index in [1.54, 1.807) is 0 Å². The van der Waals surface area contributed by atoms with Crippen LogP contribution in [0.3, 0.4) is 0 Å². The van der Waals surface area contributed by atoms with Gasteiger partial charge < -0.3 is 10.2 Å². The maximum absolute atomic E-state index is 13.1. The van der Waals surface area contributed by atoms with Crippen molar-refractivity contribution in [2.45, 2.75) is 31.5 Å². The van der Waals surface area contributed by atoms with Gasteiger partial charge in [0.15, 0.2) is 6.04 Å². The number of halogens is 3. The van der Waals surface area contributed by atoms with Crippen molar-refractivity contribution in [1.29, 1.82) is 0 Å². The van der Waals surface area contributed by atoms with E-state index < -0.39 is 18.1 Å². The number of hydrogen-bond acceptors (Lipinski definition) is 3. The molecule has 1 fully saturated rings. The Morgan fingerprint density at radius 2 is 2.09 bits per heavy atom. The van der Waals surface area contributed by atoms with Gasteiger partial charge in [0, 0.05) is 12.6 Å². The highest BCUT2D eigenvalue weighted by Crippen LogP contribution is 2.32. The van der Waals surface area contributed by atoms with Gasteiger partial charge in [-0.15, -0.1) is 0 Å². The lowest BCUT2D eigenvalue weighted by atomic mass is 9.93. The van der Waals surface area contributed by atoms with Crippen molar-refractivity contribution in [2.75, 3.05) is 20.1 Å². The predicted octanol–water partition coefficient (Wildman–Crippen LogP) is 2.53. The molecule has 1 saturated heterocycles. The minimum atomic E-state index is -4.56. The number of rotatable bonds is 4. The number of likely N-dealkylation sites (tertiary alicyclic amines) is 1. The SMILES string of the molecule is CN1CCC(CC(=O)NC(c2ccccn2)C(F)(F)F)CC1. The number of aromatic nitrogens is 1. The van der Waals surface area contributed by atoms with E-state index >= 15 is 0 Å². The molecule has 1 aromatic heterocycles. The average molecular weight is 315 g/mol. The fraction of sp³-hybridized carbons (Fsp3) is 0.600. The third-order valence-corrected chi connectivity index (χ3v) is 3.93. The van der Waals surface area contributed by atoms with Crippen molar-refractivity contribution < 1.29 is 18.0 Å². The van der Waals surface area contributed by atoms with Gasteiger partial charge in [0.1, 0.15) is 0 Å². The highest BCUT2D eigenvalue weighted by molar-refractivity contribution is 5.76. The Kier molecular flexibility index (Phi) is 5.39. The van der Waals surface area contributed by atoms with Gasteiger partial charge in [-0.3, -0.25) is 9.78 Å². The van der Waals surface area contributed by atoms with Crippen LogP contribution in [0.4, 0.5) is 13.2 Å². The standard InChI is InChI=1S/C15H20F3N3O/c1-21-8-5-11(6-9-21)10-13(22)20-14(15(16,17)18)12-4-2-3-7-19-12/h2-4,7,11,14H,5-6,8-10H2,1H3,(H,20,22). The zero-order valence-corrected chi connectivity index (χ0v) is 12.4. The maximum Gasteiger partial charge on any atom is 0.414 e. The Balaban J connectivity index is 1.97. The highest BCUT2D eigenvalue weighted by Gasteiger charge is 2.42. The summed E-state index contributed by atoms with van der Waals surface area (Å²) in [6.07, 6.45) is -1.46. The first kappa shape index (κ1) is 16.7. The van der Waals surface area contributed by atoms with Crippen LogP contribution in [0.2, 0.25) is 0 Å². The van der Waals surface area contributed by atoms with E-state index in [0.717, 1.165) is 25.9 Å². The van der Waals surface area contributed by atoms with Crippen LogP contribution >= 0.6 is 0 Å². The Bertz CT molecular complexity index is 485. The molecule has 2 heterocycles. The smallest absolute Gasteiger partial charge is 0.340 e. The average Bonchev–Trinajstić information content (AvgIpc) is 2.47. The summed E-state index contributed by atoms with van der Waals surface area (Å²) in [5.74, 6) is -0.420. The third-order valence-electron chi connectivity index (χ3n) is 3.93. The largest absolute Gasteiger partial charge is 0.414 e. The first-order chi connectivity index (χ1) is 10.4. The number of piperidine rings is 1. The quantitative estimate of drug-likeness (QED) is 0.929. The van der Waals surface area contributed by atoms with E-state index in [0.29, 0.717) is 0 Å². The number of amides is 1. The van der Waals surface area contributed by atoms with Gasteiger partial charge in [0.05, 0.1) is 5.69 Å². The number of pyridine rings is 1. The van der Waals surface area contributed by atoms with Crippen LogP contribution in [0.1, 0.15) is 31.0 Å². The molecule has 1 atom stereocenters. The summed E-state index contributed by atoms with van der Waals surface area (Å²) in [7, 11) is 2.00.